The number of piperidine rings is 1. The van der Waals surface area contributed by atoms with Gasteiger partial charge < -0.3 is 10.6 Å². The predicted octanol–water partition coefficient (Wildman–Crippen LogP) is 2.31. The van der Waals surface area contributed by atoms with Gasteiger partial charge in [0.05, 0.1) is 0 Å². The molecule has 0 atom stereocenters. The molecule has 2 N–H and O–H groups in total. The van der Waals surface area contributed by atoms with Gasteiger partial charge in [0.15, 0.2) is 0 Å². The van der Waals surface area contributed by atoms with Gasteiger partial charge in [0.25, 0.3) is 0 Å². The first-order valence-corrected chi connectivity index (χ1v) is 7.07. The lowest BCUT2D eigenvalue weighted by atomic mass is 9.99. The van der Waals surface area contributed by atoms with Crippen molar-refractivity contribution < 1.29 is 0 Å². The van der Waals surface area contributed by atoms with Crippen LogP contribution >= 0.6 is 0 Å². The smallest absolute Gasteiger partial charge is 0.132 e. The molecule has 0 saturated carbocycles. The highest BCUT2D eigenvalue weighted by atomic mass is 15.2. The zero-order chi connectivity index (χ0) is 13.0. The van der Waals surface area contributed by atoms with Crippen LogP contribution in [-0.4, -0.2) is 29.1 Å². The molecule has 0 amide bonds. The van der Waals surface area contributed by atoms with Crippen molar-refractivity contribution in [2.24, 2.45) is 5.73 Å². The molecular weight excluding hydrogens is 224 g/mol. The molecule has 1 fully saturated rings. The van der Waals surface area contributed by atoms with Crippen LogP contribution in [0.3, 0.4) is 0 Å². The fourth-order valence-electron chi connectivity index (χ4n) is 2.59. The minimum Gasteiger partial charge on any atom is -0.356 e. The van der Waals surface area contributed by atoms with Crippen LogP contribution in [-0.2, 0) is 0 Å². The average Bonchev–Trinajstić information content (AvgIpc) is 2.41. The van der Waals surface area contributed by atoms with Crippen LogP contribution in [0.1, 0.15) is 51.1 Å². The summed E-state index contributed by atoms with van der Waals surface area (Å²) in [7, 11) is 0. The normalized spacial score (nSPS) is 17.4. The summed E-state index contributed by atoms with van der Waals surface area (Å²) in [6, 6.07) is 2.52. The van der Waals surface area contributed by atoms with E-state index in [1.54, 1.807) is 6.33 Å². The quantitative estimate of drug-likeness (QED) is 0.888. The van der Waals surface area contributed by atoms with Crippen LogP contribution in [0.5, 0.6) is 0 Å². The van der Waals surface area contributed by atoms with Gasteiger partial charge in [-0.2, -0.15) is 0 Å². The number of anilines is 1. The molecule has 100 valence electrons. The number of hydrogen-bond donors (Lipinski definition) is 1. The third-order valence-electron chi connectivity index (χ3n) is 3.94. The van der Waals surface area contributed by atoms with E-state index in [0.717, 1.165) is 44.6 Å². The molecule has 2 rings (SSSR count). The van der Waals surface area contributed by atoms with Gasteiger partial charge in [0, 0.05) is 36.8 Å². The van der Waals surface area contributed by atoms with E-state index in [1.165, 1.54) is 5.69 Å². The van der Waals surface area contributed by atoms with Crippen LogP contribution in [0.2, 0.25) is 0 Å². The number of nitrogens with two attached hydrogens (primary N) is 1. The van der Waals surface area contributed by atoms with Crippen molar-refractivity contribution in [1.82, 2.24) is 9.97 Å². The fraction of sp³-hybridized carbons (Fsp3) is 0.714. The summed E-state index contributed by atoms with van der Waals surface area (Å²) in [5, 5.41) is 0. The molecule has 1 aliphatic heterocycles. The zero-order valence-electron chi connectivity index (χ0n) is 11.5. The van der Waals surface area contributed by atoms with E-state index in [1.807, 2.05) is 0 Å². The number of nitrogens with zero attached hydrogens (tertiary/aromatic N) is 3. The molecule has 0 aromatic carbocycles. The standard InChI is InChI=1S/C14H24N4/c1-3-11(4-2)13-9-14(17-10-16-13)18-7-5-12(15)6-8-18/h9-12H,3-8,15H2,1-2H3. The van der Waals surface area contributed by atoms with E-state index in [9.17, 15) is 0 Å². The summed E-state index contributed by atoms with van der Waals surface area (Å²) in [6.45, 7) is 6.47. The van der Waals surface area contributed by atoms with Gasteiger partial charge in [-0.1, -0.05) is 13.8 Å². The maximum atomic E-state index is 5.94. The zero-order valence-corrected chi connectivity index (χ0v) is 11.5. The third-order valence-corrected chi connectivity index (χ3v) is 3.94. The Labute approximate surface area is 110 Å². The third kappa shape index (κ3) is 2.99. The van der Waals surface area contributed by atoms with Gasteiger partial charge >= 0.3 is 0 Å². The van der Waals surface area contributed by atoms with E-state index in [-0.39, 0.29) is 0 Å². The predicted molar refractivity (Wildman–Crippen MR) is 74.8 cm³/mol. The van der Waals surface area contributed by atoms with E-state index in [4.69, 9.17) is 5.73 Å². The first-order chi connectivity index (χ1) is 8.74. The van der Waals surface area contributed by atoms with Gasteiger partial charge in [-0.15, -0.1) is 0 Å². The van der Waals surface area contributed by atoms with Crippen LogP contribution in [0, 0.1) is 0 Å². The van der Waals surface area contributed by atoms with Gasteiger partial charge in [0.2, 0.25) is 0 Å². The summed E-state index contributed by atoms with van der Waals surface area (Å²) >= 11 is 0. The van der Waals surface area contributed by atoms with E-state index >= 15 is 0 Å². The van der Waals surface area contributed by atoms with Crippen molar-refractivity contribution in [1.29, 1.82) is 0 Å². The summed E-state index contributed by atoms with van der Waals surface area (Å²) in [5.41, 5.74) is 7.12. The fourth-order valence-corrected chi connectivity index (χ4v) is 2.59. The average molecular weight is 248 g/mol. The molecule has 18 heavy (non-hydrogen) atoms. The van der Waals surface area contributed by atoms with E-state index in [0.29, 0.717) is 12.0 Å². The summed E-state index contributed by atoms with van der Waals surface area (Å²) < 4.78 is 0. The minimum atomic E-state index is 0.363. The van der Waals surface area contributed by atoms with Gasteiger partial charge in [-0.05, 0) is 25.7 Å². The molecule has 0 radical (unpaired) electrons. The lowest BCUT2D eigenvalue weighted by molar-refractivity contribution is 0.498. The summed E-state index contributed by atoms with van der Waals surface area (Å²) in [5.74, 6) is 1.62. The highest BCUT2D eigenvalue weighted by molar-refractivity contribution is 5.40. The van der Waals surface area contributed by atoms with Crippen molar-refractivity contribution in [2.75, 3.05) is 18.0 Å². The SMILES string of the molecule is CCC(CC)c1cc(N2CCC(N)CC2)ncn1. The van der Waals surface area contributed by atoms with Gasteiger partial charge in [-0.3, -0.25) is 0 Å². The Morgan fingerprint density at radius 1 is 1.28 bits per heavy atom. The Morgan fingerprint density at radius 3 is 2.56 bits per heavy atom. The van der Waals surface area contributed by atoms with E-state index in [2.05, 4.69) is 34.8 Å². The largest absolute Gasteiger partial charge is 0.356 e. The lowest BCUT2D eigenvalue weighted by Gasteiger charge is -2.31. The second-order valence-corrected chi connectivity index (χ2v) is 5.14. The lowest BCUT2D eigenvalue weighted by Crippen LogP contribution is -2.40. The molecule has 4 heteroatoms. The van der Waals surface area contributed by atoms with Crippen LogP contribution in [0.25, 0.3) is 0 Å². The molecule has 0 aliphatic carbocycles. The van der Waals surface area contributed by atoms with Crippen molar-refractivity contribution >= 4 is 5.82 Å². The van der Waals surface area contributed by atoms with Crippen LogP contribution in [0.15, 0.2) is 12.4 Å². The minimum absolute atomic E-state index is 0.363. The van der Waals surface area contributed by atoms with Gasteiger partial charge in [0.1, 0.15) is 12.1 Å². The van der Waals surface area contributed by atoms with Crippen molar-refractivity contribution in [3.8, 4) is 0 Å². The highest BCUT2D eigenvalue weighted by Gasteiger charge is 2.18. The Hall–Kier alpha value is -1.16. The maximum absolute atomic E-state index is 5.94. The number of aromatic nitrogens is 2. The Bertz CT molecular complexity index is 368. The Morgan fingerprint density at radius 2 is 1.94 bits per heavy atom. The topological polar surface area (TPSA) is 55.0 Å². The first-order valence-electron chi connectivity index (χ1n) is 7.07. The maximum Gasteiger partial charge on any atom is 0.132 e. The molecular formula is C14H24N4. The Kier molecular flexibility index (Phi) is 4.53. The molecule has 4 nitrogen and oxygen atoms in total. The van der Waals surface area contributed by atoms with Crippen molar-refractivity contribution in [3.63, 3.8) is 0 Å². The molecule has 0 bridgehead atoms. The first kappa shape index (κ1) is 13.3. The summed E-state index contributed by atoms with van der Waals surface area (Å²) in [4.78, 5) is 11.2. The summed E-state index contributed by atoms with van der Waals surface area (Å²) in [6.07, 6.45) is 6.10. The molecule has 0 spiro atoms. The molecule has 1 saturated heterocycles. The second kappa shape index (κ2) is 6.14. The van der Waals surface area contributed by atoms with Crippen molar-refractivity contribution in [2.45, 2.75) is 51.5 Å². The van der Waals surface area contributed by atoms with E-state index < -0.39 is 0 Å². The van der Waals surface area contributed by atoms with Gasteiger partial charge in [-0.25, -0.2) is 9.97 Å². The highest BCUT2D eigenvalue weighted by Crippen LogP contribution is 2.24. The molecule has 1 aromatic rings. The number of rotatable bonds is 4. The van der Waals surface area contributed by atoms with Crippen LogP contribution in [0.4, 0.5) is 5.82 Å². The second-order valence-electron chi connectivity index (χ2n) is 5.14. The van der Waals surface area contributed by atoms with Crippen molar-refractivity contribution in [3.05, 3.63) is 18.1 Å². The monoisotopic (exact) mass is 248 g/mol. The Balaban J connectivity index is 2.11. The molecule has 1 aromatic heterocycles. The number of hydrogen-bond acceptors (Lipinski definition) is 4. The molecule has 1 aliphatic rings. The molecule has 2 heterocycles. The van der Waals surface area contributed by atoms with Crippen LogP contribution < -0.4 is 10.6 Å². The molecule has 0 unspecified atom stereocenters.